The number of aryl methyl sites for hydroxylation is 1. The minimum absolute atomic E-state index is 0.265. The van der Waals surface area contributed by atoms with E-state index in [0.29, 0.717) is 23.9 Å². The van der Waals surface area contributed by atoms with Crippen LogP contribution in [0.4, 0.5) is 11.6 Å². The van der Waals surface area contributed by atoms with Gasteiger partial charge in [-0.3, -0.25) is 4.79 Å². The Labute approximate surface area is 129 Å². The first-order valence-corrected chi connectivity index (χ1v) is 6.78. The van der Waals surface area contributed by atoms with Gasteiger partial charge in [-0.05, 0) is 25.1 Å². The number of rotatable bonds is 6. The van der Waals surface area contributed by atoms with Crippen molar-refractivity contribution in [2.24, 2.45) is 0 Å². The molecule has 0 radical (unpaired) electrons. The highest BCUT2D eigenvalue weighted by molar-refractivity contribution is 5.92. The fraction of sp³-hybridized carbons (Fsp3) is 0.188. The lowest BCUT2D eigenvalue weighted by molar-refractivity contribution is 0.0953. The van der Waals surface area contributed by atoms with E-state index >= 15 is 0 Å². The SMILES string of the molecule is C=CCNC(=O)c1cc(C)nc(Nc2cccc(OC)c2)n1. The summed E-state index contributed by atoms with van der Waals surface area (Å²) in [5, 5.41) is 5.76. The van der Waals surface area contributed by atoms with Crippen molar-refractivity contribution in [1.82, 2.24) is 15.3 Å². The zero-order valence-corrected chi connectivity index (χ0v) is 12.6. The largest absolute Gasteiger partial charge is 0.497 e. The smallest absolute Gasteiger partial charge is 0.270 e. The van der Waals surface area contributed by atoms with E-state index in [2.05, 4.69) is 27.2 Å². The van der Waals surface area contributed by atoms with Crippen LogP contribution in [0.15, 0.2) is 43.0 Å². The van der Waals surface area contributed by atoms with Crippen molar-refractivity contribution in [3.8, 4) is 5.75 Å². The molecule has 2 N–H and O–H groups in total. The number of nitrogens with one attached hydrogen (secondary N) is 2. The number of carbonyl (C=O) groups is 1. The normalized spacial score (nSPS) is 9.91. The topological polar surface area (TPSA) is 76.1 Å². The number of methoxy groups -OCH3 is 1. The number of carbonyl (C=O) groups excluding carboxylic acids is 1. The summed E-state index contributed by atoms with van der Waals surface area (Å²) in [5.41, 5.74) is 1.78. The van der Waals surface area contributed by atoms with Crippen LogP contribution in [-0.4, -0.2) is 29.5 Å². The monoisotopic (exact) mass is 298 g/mol. The Morgan fingerprint density at radius 1 is 1.36 bits per heavy atom. The van der Waals surface area contributed by atoms with Gasteiger partial charge in [0.1, 0.15) is 11.4 Å². The summed E-state index contributed by atoms with van der Waals surface area (Å²) in [4.78, 5) is 20.5. The Morgan fingerprint density at radius 3 is 2.91 bits per heavy atom. The number of anilines is 2. The standard InChI is InChI=1S/C16H18N4O2/c1-4-8-17-15(21)14-9-11(2)18-16(20-14)19-12-6-5-7-13(10-12)22-3/h4-7,9-10H,1,8H2,2-3H3,(H,17,21)(H,18,19,20). The molecule has 0 saturated heterocycles. The molecular formula is C16H18N4O2. The van der Waals surface area contributed by atoms with Gasteiger partial charge in [0.2, 0.25) is 5.95 Å². The summed E-state index contributed by atoms with van der Waals surface area (Å²) >= 11 is 0. The molecule has 0 aliphatic heterocycles. The van der Waals surface area contributed by atoms with Crippen LogP contribution in [0, 0.1) is 6.92 Å². The Kier molecular flexibility index (Phi) is 5.08. The van der Waals surface area contributed by atoms with Gasteiger partial charge in [-0.2, -0.15) is 0 Å². The number of amides is 1. The number of benzene rings is 1. The van der Waals surface area contributed by atoms with Gasteiger partial charge in [0.15, 0.2) is 0 Å². The summed E-state index contributed by atoms with van der Waals surface area (Å²) in [6.07, 6.45) is 1.61. The van der Waals surface area contributed by atoms with Crippen molar-refractivity contribution in [3.63, 3.8) is 0 Å². The number of aromatic nitrogens is 2. The van der Waals surface area contributed by atoms with E-state index in [1.807, 2.05) is 31.2 Å². The molecule has 22 heavy (non-hydrogen) atoms. The maximum atomic E-state index is 12.0. The average molecular weight is 298 g/mol. The molecular weight excluding hydrogens is 280 g/mol. The third-order valence-corrected chi connectivity index (χ3v) is 2.82. The molecule has 114 valence electrons. The summed E-state index contributed by atoms with van der Waals surface area (Å²) in [6, 6.07) is 9.02. The van der Waals surface area contributed by atoms with Gasteiger partial charge < -0.3 is 15.4 Å². The van der Waals surface area contributed by atoms with Crippen LogP contribution in [0.3, 0.4) is 0 Å². The second-order valence-electron chi connectivity index (χ2n) is 4.57. The number of hydrogen-bond donors (Lipinski definition) is 2. The highest BCUT2D eigenvalue weighted by atomic mass is 16.5. The third kappa shape index (κ3) is 4.05. The molecule has 1 amide bonds. The summed E-state index contributed by atoms with van der Waals surface area (Å²) < 4.78 is 5.17. The lowest BCUT2D eigenvalue weighted by atomic mass is 10.3. The first-order chi connectivity index (χ1) is 10.6. The first-order valence-electron chi connectivity index (χ1n) is 6.78. The number of ether oxygens (including phenoxy) is 1. The van der Waals surface area contributed by atoms with Crippen LogP contribution < -0.4 is 15.4 Å². The predicted octanol–water partition coefficient (Wildman–Crippen LogP) is 2.45. The second kappa shape index (κ2) is 7.21. The van der Waals surface area contributed by atoms with Crippen LogP contribution in [0.25, 0.3) is 0 Å². The number of hydrogen-bond acceptors (Lipinski definition) is 5. The molecule has 1 heterocycles. The Hall–Kier alpha value is -2.89. The fourth-order valence-corrected chi connectivity index (χ4v) is 1.83. The van der Waals surface area contributed by atoms with Crippen molar-refractivity contribution in [2.45, 2.75) is 6.92 Å². The van der Waals surface area contributed by atoms with Crippen LogP contribution in [0.5, 0.6) is 5.75 Å². The van der Waals surface area contributed by atoms with Gasteiger partial charge in [0.25, 0.3) is 5.91 Å². The van der Waals surface area contributed by atoms with Gasteiger partial charge >= 0.3 is 0 Å². The minimum Gasteiger partial charge on any atom is -0.497 e. The van der Waals surface area contributed by atoms with E-state index in [1.165, 1.54) is 0 Å². The Balaban J connectivity index is 2.22. The molecule has 0 atom stereocenters. The summed E-state index contributed by atoms with van der Waals surface area (Å²) in [6.45, 7) is 5.76. The highest BCUT2D eigenvalue weighted by Crippen LogP contribution is 2.19. The summed E-state index contributed by atoms with van der Waals surface area (Å²) in [7, 11) is 1.60. The zero-order valence-electron chi connectivity index (χ0n) is 12.6. The van der Waals surface area contributed by atoms with E-state index in [9.17, 15) is 4.79 Å². The molecule has 0 aliphatic rings. The molecule has 2 aromatic rings. The molecule has 2 rings (SSSR count). The number of nitrogens with zero attached hydrogens (tertiary/aromatic N) is 2. The maximum absolute atomic E-state index is 12.0. The van der Waals surface area contributed by atoms with Gasteiger partial charge in [0, 0.05) is 24.0 Å². The van der Waals surface area contributed by atoms with Crippen molar-refractivity contribution in [2.75, 3.05) is 19.0 Å². The molecule has 1 aromatic heterocycles. The minimum atomic E-state index is -0.265. The maximum Gasteiger partial charge on any atom is 0.270 e. The van der Waals surface area contributed by atoms with E-state index in [0.717, 1.165) is 11.4 Å². The molecule has 1 aromatic carbocycles. The quantitative estimate of drug-likeness (QED) is 0.801. The van der Waals surface area contributed by atoms with Gasteiger partial charge in [-0.15, -0.1) is 6.58 Å². The van der Waals surface area contributed by atoms with Crippen molar-refractivity contribution in [3.05, 3.63) is 54.4 Å². The van der Waals surface area contributed by atoms with Crippen molar-refractivity contribution < 1.29 is 9.53 Å². The first kappa shape index (κ1) is 15.5. The molecule has 0 bridgehead atoms. The molecule has 0 saturated carbocycles. The zero-order chi connectivity index (χ0) is 15.9. The van der Waals surface area contributed by atoms with E-state index in [-0.39, 0.29) is 5.91 Å². The molecule has 6 heteroatoms. The molecule has 0 spiro atoms. The van der Waals surface area contributed by atoms with Crippen LogP contribution >= 0.6 is 0 Å². The lowest BCUT2D eigenvalue weighted by Crippen LogP contribution is -2.24. The van der Waals surface area contributed by atoms with Crippen LogP contribution in [0.1, 0.15) is 16.2 Å². The van der Waals surface area contributed by atoms with Crippen LogP contribution in [0.2, 0.25) is 0 Å². The van der Waals surface area contributed by atoms with Crippen molar-refractivity contribution in [1.29, 1.82) is 0 Å². The van der Waals surface area contributed by atoms with Gasteiger partial charge in [-0.1, -0.05) is 12.1 Å². The molecule has 0 unspecified atom stereocenters. The summed E-state index contributed by atoms with van der Waals surface area (Å²) in [5.74, 6) is 0.817. The fourth-order valence-electron chi connectivity index (χ4n) is 1.83. The lowest BCUT2D eigenvalue weighted by Gasteiger charge is -2.09. The Morgan fingerprint density at radius 2 is 2.18 bits per heavy atom. The highest BCUT2D eigenvalue weighted by Gasteiger charge is 2.10. The van der Waals surface area contributed by atoms with Gasteiger partial charge in [0.05, 0.1) is 7.11 Å². The van der Waals surface area contributed by atoms with E-state index < -0.39 is 0 Å². The Bertz CT molecular complexity index is 686. The molecule has 0 fully saturated rings. The predicted molar refractivity (Wildman–Crippen MR) is 85.6 cm³/mol. The molecule has 0 aliphatic carbocycles. The van der Waals surface area contributed by atoms with Gasteiger partial charge in [-0.25, -0.2) is 9.97 Å². The van der Waals surface area contributed by atoms with Crippen LogP contribution in [-0.2, 0) is 0 Å². The third-order valence-electron chi connectivity index (χ3n) is 2.82. The van der Waals surface area contributed by atoms with Crippen molar-refractivity contribution >= 4 is 17.5 Å². The average Bonchev–Trinajstić information content (AvgIpc) is 2.52. The second-order valence-corrected chi connectivity index (χ2v) is 4.57. The molecule has 6 nitrogen and oxygen atoms in total. The van der Waals surface area contributed by atoms with E-state index in [1.54, 1.807) is 19.3 Å². The van der Waals surface area contributed by atoms with E-state index in [4.69, 9.17) is 4.74 Å².